The number of aliphatic carboxylic acids is 1. The Balaban J connectivity index is 1.62. The fourth-order valence-corrected chi connectivity index (χ4v) is 3.03. The van der Waals surface area contributed by atoms with Gasteiger partial charge in [0.05, 0.1) is 29.9 Å². The van der Waals surface area contributed by atoms with E-state index in [0.29, 0.717) is 30.7 Å². The van der Waals surface area contributed by atoms with Crippen LogP contribution in [0.3, 0.4) is 0 Å². The molecule has 0 aliphatic carbocycles. The predicted octanol–water partition coefficient (Wildman–Crippen LogP) is 1.04. The standard InChI is InChI=1S/C13H14N4O3S/c18-11(7-17-5-4-8(6-17)13(19)20)14-9-2-1-3-10-12(9)16-21-15-10/h1-3,8H,4-7H2,(H,14,18)(H,19,20). The molecule has 1 amide bonds. The molecule has 0 bridgehead atoms. The van der Waals surface area contributed by atoms with Crippen LogP contribution in [0.4, 0.5) is 5.69 Å². The molecular weight excluding hydrogens is 292 g/mol. The Morgan fingerprint density at radius 2 is 2.29 bits per heavy atom. The van der Waals surface area contributed by atoms with Gasteiger partial charge in [-0.3, -0.25) is 14.5 Å². The zero-order valence-corrected chi connectivity index (χ0v) is 12.0. The minimum absolute atomic E-state index is 0.165. The topological polar surface area (TPSA) is 95.4 Å². The van der Waals surface area contributed by atoms with Crippen molar-refractivity contribution in [1.82, 2.24) is 13.6 Å². The maximum absolute atomic E-state index is 12.1. The molecule has 8 heteroatoms. The van der Waals surface area contributed by atoms with Crippen LogP contribution in [0.25, 0.3) is 11.0 Å². The number of likely N-dealkylation sites (tertiary alicyclic amines) is 1. The highest BCUT2D eigenvalue weighted by Gasteiger charge is 2.28. The van der Waals surface area contributed by atoms with Crippen molar-refractivity contribution in [2.45, 2.75) is 6.42 Å². The molecule has 1 saturated heterocycles. The van der Waals surface area contributed by atoms with Crippen LogP contribution in [0.1, 0.15) is 6.42 Å². The molecule has 0 radical (unpaired) electrons. The van der Waals surface area contributed by atoms with Crippen LogP contribution in [-0.2, 0) is 9.59 Å². The first kappa shape index (κ1) is 13.9. The van der Waals surface area contributed by atoms with Gasteiger partial charge in [-0.1, -0.05) is 6.07 Å². The molecule has 1 aliphatic rings. The first-order valence-corrected chi connectivity index (χ1v) is 7.33. The second kappa shape index (κ2) is 5.74. The second-order valence-corrected chi connectivity index (χ2v) is 5.57. The third-order valence-electron chi connectivity index (χ3n) is 3.55. The van der Waals surface area contributed by atoms with Crippen LogP contribution in [0.5, 0.6) is 0 Å². The van der Waals surface area contributed by atoms with Gasteiger partial charge in [0, 0.05) is 6.54 Å². The lowest BCUT2D eigenvalue weighted by molar-refractivity contribution is -0.141. The summed E-state index contributed by atoms with van der Waals surface area (Å²) in [7, 11) is 0. The van der Waals surface area contributed by atoms with Gasteiger partial charge in [0.25, 0.3) is 0 Å². The summed E-state index contributed by atoms with van der Waals surface area (Å²) >= 11 is 1.10. The largest absolute Gasteiger partial charge is 0.481 e. The predicted molar refractivity (Wildman–Crippen MR) is 78.2 cm³/mol. The minimum atomic E-state index is -0.795. The molecule has 1 aromatic carbocycles. The highest BCUT2D eigenvalue weighted by molar-refractivity contribution is 7.00. The van der Waals surface area contributed by atoms with Crippen LogP contribution < -0.4 is 5.32 Å². The number of benzene rings is 1. The maximum atomic E-state index is 12.1. The monoisotopic (exact) mass is 306 g/mol. The first-order chi connectivity index (χ1) is 10.1. The molecule has 2 N–H and O–H groups in total. The van der Waals surface area contributed by atoms with E-state index in [1.807, 2.05) is 17.0 Å². The van der Waals surface area contributed by atoms with Crippen LogP contribution in [0.15, 0.2) is 18.2 Å². The molecule has 7 nitrogen and oxygen atoms in total. The fraction of sp³-hybridized carbons (Fsp3) is 0.385. The Hall–Kier alpha value is -2.06. The number of carbonyl (C=O) groups is 2. The molecule has 2 heterocycles. The number of carboxylic acids is 1. The molecule has 2 aromatic rings. The molecule has 1 aromatic heterocycles. The van der Waals surface area contributed by atoms with Gasteiger partial charge in [-0.15, -0.1) is 0 Å². The Morgan fingerprint density at radius 1 is 1.43 bits per heavy atom. The molecule has 1 atom stereocenters. The van der Waals surface area contributed by atoms with E-state index in [1.54, 1.807) is 6.07 Å². The van der Waals surface area contributed by atoms with Crippen LogP contribution in [-0.4, -0.2) is 50.3 Å². The highest BCUT2D eigenvalue weighted by atomic mass is 32.1. The van der Waals surface area contributed by atoms with Gasteiger partial charge >= 0.3 is 5.97 Å². The third kappa shape index (κ3) is 3.01. The Morgan fingerprint density at radius 3 is 3.05 bits per heavy atom. The van der Waals surface area contributed by atoms with E-state index in [-0.39, 0.29) is 18.4 Å². The lowest BCUT2D eigenvalue weighted by Crippen LogP contribution is -2.32. The highest BCUT2D eigenvalue weighted by Crippen LogP contribution is 2.21. The average Bonchev–Trinajstić information content (AvgIpc) is 3.07. The van der Waals surface area contributed by atoms with Gasteiger partial charge in [0.15, 0.2) is 0 Å². The number of carboxylic acid groups (broad SMARTS) is 1. The summed E-state index contributed by atoms with van der Waals surface area (Å²) < 4.78 is 8.29. The number of amides is 1. The number of rotatable bonds is 4. The second-order valence-electron chi connectivity index (χ2n) is 5.04. The van der Waals surface area contributed by atoms with Crippen molar-refractivity contribution in [3.8, 4) is 0 Å². The van der Waals surface area contributed by atoms with E-state index in [9.17, 15) is 9.59 Å². The summed E-state index contributed by atoms with van der Waals surface area (Å²) in [6, 6.07) is 5.44. The molecule has 0 saturated carbocycles. The van der Waals surface area contributed by atoms with Crippen LogP contribution >= 0.6 is 11.7 Å². The van der Waals surface area contributed by atoms with Crippen molar-refractivity contribution < 1.29 is 14.7 Å². The number of nitrogens with one attached hydrogen (secondary N) is 1. The smallest absolute Gasteiger partial charge is 0.307 e. The lowest BCUT2D eigenvalue weighted by atomic mass is 10.1. The van der Waals surface area contributed by atoms with Gasteiger partial charge < -0.3 is 10.4 Å². The van der Waals surface area contributed by atoms with E-state index >= 15 is 0 Å². The van der Waals surface area contributed by atoms with Gasteiger partial charge in [0.2, 0.25) is 5.91 Å². The quantitative estimate of drug-likeness (QED) is 0.876. The van der Waals surface area contributed by atoms with E-state index in [2.05, 4.69) is 14.1 Å². The minimum Gasteiger partial charge on any atom is -0.481 e. The lowest BCUT2D eigenvalue weighted by Gasteiger charge is -2.14. The van der Waals surface area contributed by atoms with Gasteiger partial charge in [0.1, 0.15) is 11.0 Å². The molecule has 1 fully saturated rings. The number of nitrogens with zero attached hydrogens (tertiary/aromatic N) is 3. The molecule has 0 spiro atoms. The van der Waals surface area contributed by atoms with Gasteiger partial charge in [-0.2, -0.15) is 8.75 Å². The number of hydrogen-bond acceptors (Lipinski definition) is 6. The van der Waals surface area contributed by atoms with E-state index in [4.69, 9.17) is 5.11 Å². The third-order valence-corrected chi connectivity index (χ3v) is 4.09. The molecular formula is C13H14N4O3S. The van der Waals surface area contributed by atoms with Crippen molar-refractivity contribution in [1.29, 1.82) is 0 Å². The Kier molecular flexibility index (Phi) is 3.80. The van der Waals surface area contributed by atoms with Crippen LogP contribution in [0.2, 0.25) is 0 Å². The van der Waals surface area contributed by atoms with Crippen molar-refractivity contribution in [3.63, 3.8) is 0 Å². The fourth-order valence-electron chi connectivity index (χ4n) is 2.48. The van der Waals surface area contributed by atoms with Gasteiger partial charge in [-0.05, 0) is 25.1 Å². The summed E-state index contributed by atoms with van der Waals surface area (Å²) in [6.07, 6.45) is 0.591. The zero-order valence-electron chi connectivity index (χ0n) is 11.2. The first-order valence-electron chi connectivity index (χ1n) is 6.60. The molecule has 1 aliphatic heterocycles. The zero-order chi connectivity index (χ0) is 14.8. The molecule has 110 valence electrons. The molecule has 1 unspecified atom stereocenters. The number of fused-ring (bicyclic) bond motifs is 1. The number of aromatic nitrogens is 2. The summed E-state index contributed by atoms with van der Waals surface area (Å²) in [5, 5.41) is 11.8. The maximum Gasteiger partial charge on any atom is 0.307 e. The van der Waals surface area contributed by atoms with Crippen molar-refractivity contribution in [3.05, 3.63) is 18.2 Å². The average molecular weight is 306 g/mol. The summed E-state index contributed by atoms with van der Waals surface area (Å²) in [5.74, 6) is -1.33. The number of hydrogen-bond donors (Lipinski definition) is 2. The molecule has 3 rings (SSSR count). The van der Waals surface area contributed by atoms with E-state index < -0.39 is 5.97 Å². The Labute approximate surface area is 124 Å². The van der Waals surface area contributed by atoms with Crippen molar-refractivity contribution in [2.24, 2.45) is 5.92 Å². The number of carbonyl (C=O) groups excluding carboxylic acids is 1. The van der Waals surface area contributed by atoms with Crippen molar-refractivity contribution >= 4 is 40.3 Å². The van der Waals surface area contributed by atoms with Crippen LogP contribution in [0, 0.1) is 5.92 Å². The van der Waals surface area contributed by atoms with E-state index in [1.165, 1.54) is 0 Å². The Bertz CT molecular complexity index is 687. The molecule has 21 heavy (non-hydrogen) atoms. The van der Waals surface area contributed by atoms with E-state index in [0.717, 1.165) is 17.2 Å². The normalized spacial score (nSPS) is 19.0. The van der Waals surface area contributed by atoms with Crippen molar-refractivity contribution in [2.75, 3.05) is 25.0 Å². The van der Waals surface area contributed by atoms with Gasteiger partial charge in [-0.25, -0.2) is 0 Å². The summed E-state index contributed by atoms with van der Waals surface area (Å²) in [6.45, 7) is 1.25. The SMILES string of the molecule is O=C(CN1CCC(C(=O)O)C1)Nc1cccc2nsnc12. The summed E-state index contributed by atoms with van der Waals surface area (Å²) in [4.78, 5) is 24.8. The summed E-state index contributed by atoms with van der Waals surface area (Å²) in [5.41, 5.74) is 2.07. The number of anilines is 1.